The Balaban J connectivity index is 2.39. The molecule has 0 bridgehead atoms. The summed E-state index contributed by atoms with van der Waals surface area (Å²) in [5.41, 5.74) is 1.41. The van der Waals surface area contributed by atoms with Crippen LogP contribution in [0.5, 0.6) is 0 Å². The molecule has 1 aliphatic heterocycles. The molecule has 0 aliphatic carbocycles. The molecule has 0 unspecified atom stereocenters. The molecule has 10 heavy (non-hydrogen) atoms. The number of likely N-dealkylation sites (tertiary alicyclic amines) is 1. The molecule has 1 heterocycles. The van der Waals surface area contributed by atoms with Gasteiger partial charge in [-0.05, 0) is 32.0 Å². The van der Waals surface area contributed by atoms with E-state index in [1.165, 1.54) is 25.0 Å². The van der Waals surface area contributed by atoms with Gasteiger partial charge in [0.25, 0.3) is 0 Å². The van der Waals surface area contributed by atoms with Gasteiger partial charge in [0.2, 0.25) is 0 Å². The van der Waals surface area contributed by atoms with E-state index in [9.17, 15) is 0 Å². The second-order valence-corrected chi connectivity index (χ2v) is 2.85. The Bertz CT molecular complexity index is 131. The van der Waals surface area contributed by atoms with Crippen molar-refractivity contribution >= 4 is 0 Å². The molecule has 58 valence electrons. The first kappa shape index (κ1) is 7.61. The van der Waals surface area contributed by atoms with E-state index in [1.54, 1.807) is 7.11 Å². The Kier molecular flexibility index (Phi) is 2.75. The van der Waals surface area contributed by atoms with E-state index in [-0.39, 0.29) is 0 Å². The van der Waals surface area contributed by atoms with Crippen LogP contribution in [0.2, 0.25) is 0 Å². The van der Waals surface area contributed by atoms with Crippen molar-refractivity contribution in [1.82, 2.24) is 4.90 Å². The summed E-state index contributed by atoms with van der Waals surface area (Å²) in [6.45, 7) is 2.30. The first-order chi connectivity index (χ1) is 4.83. The third kappa shape index (κ3) is 2.03. The zero-order chi connectivity index (χ0) is 7.40. The molecule has 0 saturated carbocycles. The Morgan fingerprint density at radius 1 is 1.60 bits per heavy atom. The van der Waals surface area contributed by atoms with Crippen LogP contribution in [0.1, 0.15) is 12.8 Å². The van der Waals surface area contributed by atoms with Crippen LogP contribution in [-0.4, -0.2) is 32.1 Å². The van der Waals surface area contributed by atoms with E-state index in [2.05, 4.69) is 11.9 Å². The molecule has 1 saturated heterocycles. The second kappa shape index (κ2) is 3.62. The van der Waals surface area contributed by atoms with Crippen molar-refractivity contribution in [3.8, 4) is 0 Å². The maximum absolute atomic E-state index is 4.94. The molecule has 0 spiro atoms. The standard InChI is InChI=1S/C8H15NO/c1-9-5-3-4-8(6-9)7-10-2/h7H,3-6H2,1-2H3/b8-7-. The molecule has 0 aromatic rings. The lowest BCUT2D eigenvalue weighted by atomic mass is 10.1. The summed E-state index contributed by atoms with van der Waals surface area (Å²) in [6, 6.07) is 0. The quantitative estimate of drug-likeness (QED) is 0.509. The SMILES string of the molecule is CO/C=C1/CCCN(C)C1. The van der Waals surface area contributed by atoms with Crippen molar-refractivity contribution in [3.63, 3.8) is 0 Å². The molecule has 0 N–H and O–H groups in total. The molecule has 0 aromatic carbocycles. The lowest BCUT2D eigenvalue weighted by Gasteiger charge is -2.23. The van der Waals surface area contributed by atoms with Crippen LogP contribution in [0, 0.1) is 0 Å². The lowest BCUT2D eigenvalue weighted by molar-refractivity contribution is 0.293. The van der Waals surface area contributed by atoms with Gasteiger partial charge in [-0.2, -0.15) is 0 Å². The molecule has 0 atom stereocenters. The molecule has 1 aliphatic rings. The van der Waals surface area contributed by atoms with Crippen LogP contribution < -0.4 is 0 Å². The maximum atomic E-state index is 4.94. The molecule has 1 fully saturated rings. The van der Waals surface area contributed by atoms with Gasteiger partial charge in [-0.25, -0.2) is 0 Å². The summed E-state index contributed by atoms with van der Waals surface area (Å²) in [5.74, 6) is 0. The van der Waals surface area contributed by atoms with Crippen LogP contribution in [-0.2, 0) is 4.74 Å². The molecule has 0 radical (unpaired) electrons. The normalized spacial score (nSPS) is 25.2. The molecular weight excluding hydrogens is 126 g/mol. The fraction of sp³-hybridized carbons (Fsp3) is 0.750. The van der Waals surface area contributed by atoms with Crippen LogP contribution in [0.15, 0.2) is 11.8 Å². The topological polar surface area (TPSA) is 12.5 Å². The average Bonchev–Trinajstić information content (AvgIpc) is 1.88. The third-order valence-corrected chi connectivity index (χ3v) is 1.80. The number of rotatable bonds is 1. The van der Waals surface area contributed by atoms with Gasteiger partial charge in [-0.1, -0.05) is 0 Å². The van der Waals surface area contributed by atoms with Crippen molar-refractivity contribution in [2.24, 2.45) is 0 Å². The van der Waals surface area contributed by atoms with Gasteiger partial charge in [-0.15, -0.1) is 0 Å². The highest BCUT2D eigenvalue weighted by Gasteiger charge is 2.09. The Labute approximate surface area is 62.5 Å². The lowest BCUT2D eigenvalue weighted by Crippen LogP contribution is -2.26. The van der Waals surface area contributed by atoms with Crippen LogP contribution in [0.4, 0.5) is 0 Å². The number of nitrogens with zero attached hydrogens (tertiary/aromatic N) is 1. The third-order valence-electron chi connectivity index (χ3n) is 1.80. The number of hydrogen-bond acceptors (Lipinski definition) is 2. The summed E-state index contributed by atoms with van der Waals surface area (Å²) in [4.78, 5) is 2.31. The monoisotopic (exact) mass is 141 g/mol. The van der Waals surface area contributed by atoms with Crippen molar-refractivity contribution in [3.05, 3.63) is 11.8 Å². The van der Waals surface area contributed by atoms with E-state index in [0.717, 1.165) is 6.54 Å². The highest BCUT2D eigenvalue weighted by molar-refractivity contribution is 5.03. The zero-order valence-electron chi connectivity index (χ0n) is 6.76. The first-order valence-corrected chi connectivity index (χ1v) is 3.72. The minimum atomic E-state index is 1.08. The van der Waals surface area contributed by atoms with E-state index < -0.39 is 0 Å². The molecule has 2 heteroatoms. The Hall–Kier alpha value is -0.500. The predicted molar refractivity (Wildman–Crippen MR) is 41.8 cm³/mol. The van der Waals surface area contributed by atoms with Crippen molar-refractivity contribution < 1.29 is 4.74 Å². The Morgan fingerprint density at radius 2 is 2.40 bits per heavy atom. The largest absolute Gasteiger partial charge is 0.504 e. The summed E-state index contributed by atoms with van der Waals surface area (Å²) >= 11 is 0. The number of piperidine rings is 1. The fourth-order valence-corrected chi connectivity index (χ4v) is 1.34. The summed E-state index contributed by atoms with van der Waals surface area (Å²) in [7, 11) is 3.85. The first-order valence-electron chi connectivity index (χ1n) is 3.72. The smallest absolute Gasteiger partial charge is 0.0829 e. The maximum Gasteiger partial charge on any atom is 0.0829 e. The van der Waals surface area contributed by atoms with E-state index in [0.29, 0.717) is 0 Å². The number of methoxy groups -OCH3 is 1. The minimum Gasteiger partial charge on any atom is -0.504 e. The van der Waals surface area contributed by atoms with Crippen molar-refractivity contribution in [1.29, 1.82) is 0 Å². The van der Waals surface area contributed by atoms with E-state index >= 15 is 0 Å². The zero-order valence-corrected chi connectivity index (χ0v) is 6.76. The summed E-state index contributed by atoms with van der Waals surface area (Å²) in [5, 5.41) is 0. The van der Waals surface area contributed by atoms with Gasteiger partial charge in [0, 0.05) is 6.54 Å². The van der Waals surface area contributed by atoms with Gasteiger partial charge in [0.15, 0.2) is 0 Å². The number of hydrogen-bond donors (Lipinski definition) is 0. The highest BCUT2D eigenvalue weighted by atomic mass is 16.5. The summed E-state index contributed by atoms with van der Waals surface area (Å²) < 4.78 is 4.94. The van der Waals surface area contributed by atoms with Gasteiger partial charge >= 0.3 is 0 Å². The predicted octanol–water partition coefficient (Wildman–Crippen LogP) is 1.24. The van der Waals surface area contributed by atoms with Gasteiger partial charge in [-0.3, -0.25) is 0 Å². The van der Waals surface area contributed by atoms with Crippen LogP contribution in [0.3, 0.4) is 0 Å². The second-order valence-electron chi connectivity index (χ2n) is 2.85. The highest BCUT2D eigenvalue weighted by Crippen LogP contribution is 2.12. The molecule has 1 rings (SSSR count). The summed E-state index contributed by atoms with van der Waals surface area (Å²) in [6.07, 6.45) is 4.35. The van der Waals surface area contributed by atoms with E-state index in [4.69, 9.17) is 4.74 Å². The van der Waals surface area contributed by atoms with Crippen LogP contribution in [0.25, 0.3) is 0 Å². The fourth-order valence-electron chi connectivity index (χ4n) is 1.34. The molecule has 2 nitrogen and oxygen atoms in total. The number of ether oxygens (including phenoxy) is 1. The van der Waals surface area contributed by atoms with Gasteiger partial charge in [0.05, 0.1) is 13.4 Å². The van der Waals surface area contributed by atoms with Crippen LogP contribution >= 0.6 is 0 Å². The molecule has 0 aromatic heterocycles. The van der Waals surface area contributed by atoms with Crippen molar-refractivity contribution in [2.45, 2.75) is 12.8 Å². The number of likely N-dealkylation sites (N-methyl/N-ethyl adjacent to an activating group) is 1. The molecule has 0 amide bonds. The van der Waals surface area contributed by atoms with E-state index in [1.807, 2.05) is 6.26 Å². The van der Waals surface area contributed by atoms with Gasteiger partial charge < -0.3 is 9.64 Å². The average molecular weight is 141 g/mol. The molecular formula is C8H15NO. The van der Waals surface area contributed by atoms with Gasteiger partial charge in [0.1, 0.15) is 0 Å². The van der Waals surface area contributed by atoms with Crippen molar-refractivity contribution in [2.75, 3.05) is 27.2 Å². The minimum absolute atomic E-state index is 1.08. The Morgan fingerprint density at radius 3 is 3.00 bits per heavy atom.